The summed E-state index contributed by atoms with van der Waals surface area (Å²) in [7, 11) is 0. The van der Waals surface area contributed by atoms with Gasteiger partial charge in [0, 0.05) is 6.42 Å². The van der Waals surface area contributed by atoms with E-state index in [4.69, 9.17) is 0 Å². The van der Waals surface area contributed by atoms with Crippen molar-refractivity contribution in [3.63, 3.8) is 0 Å². The third kappa shape index (κ3) is 2.16. The van der Waals surface area contributed by atoms with Crippen LogP contribution in [0, 0.1) is 6.92 Å². The van der Waals surface area contributed by atoms with Crippen LogP contribution in [0.2, 0.25) is 0 Å². The van der Waals surface area contributed by atoms with Gasteiger partial charge in [0.25, 0.3) is 0 Å². The van der Waals surface area contributed by atoms with Gasteiger partial charge in [-0.25, -0.2) is 4.39 Å². The molecule has 1 aromatic rings. The maximum absolute atomic E-state index is 13.0. The van der Waals surface area contributed by atoms with E-state index in [-0.39, 0.29) is 6.42 Å². The molecule has 0 aromatic heterocycles. The van der Waals surface area contributed by atoms with Crippen LogP contribution in [0.15, 0.2) is 24.3 Å². The highest BCUT2D eigenvalue weighted by atomic mass is 19.1. The third-order valence-electron chi connectivity index (χ3n) is 1.74. The summed E-state index contributed by atoms with van der Waals surface area (Å²) < 4.78 is 13.0. The van der Waals surface area contributed by atoms with Crippen LogP contribution in [-0.4, -0.2) is 6.29 Å². The van der Waals surface area contributed by atoms with Gasteiger partial charge in [0.2, 0.25) is 0 Å². The molecule has 0 N–H and O–H groups in total. The van der Waals surface area contributed by atoms with Gasteiger partial charge in [-0.15, -0.1) is 0 Å². The number of carbonyl (C=O) groups excluding carboxylic acids is 1. The molecule has 0 aliphatic rings. The normalized spacial score (nSPS) is 12.5. The maximum atomic E-state index is 13.0. The van der Waals surface area contributed by atoms with Crippen molar-refractivity contribution >= 4 is 6.29 Å². The molecule has 0 aliphatic carbocycles. The van der Waals surface area contributed by atoms with Crippen LogP contribution in [0.5, 0.6) is 0 Å². The quantitative estimate of drug-likeness (QED) is 0.631. The molecule has 1 unspecified atom stereocenters. The van der Waals surface area contributed by atoms with Gasteiger partial charge in [-0.2, -0.15) is 0 Å². The second kappa shape index (κ2) is 4.00. The fourth-order valence-electron chi connectivity index (χ4n) is 0.996. The van der Waals surface area contributed by atoms with Crippen molar-refractivity contribution in [1.82, 2.24) is 0 Å². The summed E-state index contributed by atoms with van der Waals surface area (Å²) in [6.45, 7) is 1.94. The number of halogens is 1. The topological polar surface area (TPSA) is 17.1 Å². The first-order chi connectivity index (χ1) is 5.74. The van der Waals surface area contributed by atoms with Crippen LogP contribution in [0.25, 0.3) is 0 Å². The smallest absolute Gasteiger partial charge is 0.132 e. The van der Waals surface area contributed by atoms with E-state index < -0.39 is 6.17 Å². The van der Waals surface area contributed by atoms with Crippen LogP contribution < -0.4 is 0 Å². The average Bonchev–Trinajstić information content (AvgIpc) is 2.06. The van der Waals surface area contributed by atoms with E-state index in [9.17, 15) is 9.18 Å². The molecule has 64 valence electrons. The van der Waals surface area contributed by atoms with E-state index in [0.29, 0.717) is 11.8 Å². The predicted octanol–water partition coefficient (Wildman–Crippen LogP) is 2.59. The summed E-state index contributed by atoms with van der Waals surface area (Å²) in [5, 5.41) is 0. The lowest BCUT2D eigenvalue weighted by Gasteiger charge is -2.03. The number of rotatable bonds is 3. The molecule has 1 atom stereocenters. The van der Waals surface area contributed by atoms with Gasteiger partial charge in [0.15, 0.2) is 0 Å². The largest absolute Gasteiger partial charge is 0.303 e. The number of hydrogen-bond acceptors (Lipinski definition) is 1. The predicted molar refractivity (Wildman–Crippen MR) is 45.7 cm³/mol. The lowest BCUT2D eigenvalue weighted by atomic mass is 10.1. The first-order valence-electron chi connectivity index (χ1n) is 3.88. The SMILES string of the molecule is Cc1ccc(C(F)CC=O)cc1. The fraction of sp³-hybridized carbons (Fsp3) is 0.300. The Balaban J connectivity index is 2.74. The van der Waals surface area contributed by atoms with Gasteiger partial charge < -0.3 is 4.79 Å². The minimum Gasteiger partial charge on any atom is -0.303 e. The van der Waals surface area contributed by atoms with Gasteiger partial charge in [-0.05, 0) is 12.5 Å². The van der Waals surface area contributed by atoms with E-state index in [1.165, 1.54) is 0 Å². The third-order valence-corrected chi connectivity index (χ3v) is 1.74. The second-order valence-electron chi connectivity index (χ2n) is 2.78. The highest BCUT2D eigenvalue weighted by Gasteiger charge is 2.07. The highest BCUT2D eigenvalue weighted by molar-refractivity contribution is 5.51. The van der Waals surface area contributed by atoms with Crippen LogP contribution in [0.3, 0.4) is 0 Å². The molecule has 0 radical (unpaired) electrons. The monoisotopic (exact) mass is 166 g/mol. The zero-order valence-electron chi connectivity index (χ0n) is 6.96. The maximum Gasteiger partial charge on any atom is 0.132 e. The first-order valence-corrected chi connectivity index (χ1v) is 3.88. The molecule has 0 saturated carbocycles. The number of carbonyl (C=O) groups is 1. The molecule has 1 nitrogen and oxygen atoms in total. The molecule has 0 saturated heterocycles. The Kier molecular flexibility index (Phi) is 2.97. The van der Waals surface area contributed by atoms with Gasteiger partial charge in [0.1, 0.15) is 12.5 Å². The van der Waals surface area contributed by atoms with Crippen molar-refractivity contribution in [3.8, 4) is 0 Å². The van der Waals surface area contributed by atoms with Gasteiger partial charge >= 0.3 is 0 Å². The summed E-state index contributed by atoms with van der Waals surface area (Å²) in [5.74, 6) is 0. The molecule has 12 heavy (non-hydrogen) atoms. The van der Waals surface area contributed by atoms with E-state index in [1.807, 2.05) is 19.1 Å². The Hall–Kier alpha value is -1.18. The Morgan fingerprint density at radius 1 is 1.42 bits per heavy atom. The summed E-state index contributed by atoms with van der Waals surface area (Å²) >= 11 is 0. The summed E-state index contributed by atoms with van der Waals surface area (Å²) in [6, 6.07) is 7.10. The second-order valence-corrected chi connectivity index (χ2v) is 2.78. The zero-order valence-corrected chi connectivity index (χ0v) is 6.96. The number of aldehydes is 1. The standard InChI is InChI=1S/C10H11FO/c1-8-2-4-9(5-3-8)10(11)6-7-12/h2-5,7,10H,6H2,1H3. The molecule has 0 bridgehead atoms. The molecule has 0 fully saturated rings. The summed E-state index contributed by atoms with van der Waals surface area (Å²) in [4.78, 5) is 10.0. The Bertz CT molecular complexity index is 253. The number of alkyl halides is 1. The first kappa shape index (κ1) is 8.91. The van der Waals surface area contributed by atoms with Gasteiger partial charge in [-0.3, -0.25) is 0 Å². The lowest BCUT2D eigenvalue weighted by molar-refractivity contribution is -0.108. The Morgan fingerprint density at radius 2 is 2.00 bits per heavy atom. The van der Waals surface area contributed by atoms with Crippen molar-refractivity contribution in [2.45, 2.75) is 19.5 Å². The fourth-order valence-corrected chi connectivity index (χ4v) is 0.996. The molecule has 2 heteroatoms. The van der Waals surface area contributed by atoms with E-state index >= 15 is 0 Å². The van der Waals surface area contributed by atoms with Gasteiger partial charge in [0.05, 0.1) is 0 Å². The van der Waals surface area contributed by atoms with Crippen molar-refractivity contribution in [3.05, 3.63) is 35.4 Å². The van der Waals surface area contributed by atoms with Gasteiger partial charge in [-0.1, -0.05) is 29.8 Å². The minimum absolute atomic E-state index is 0.0525. The Morgan fingerprint density at radius 3 is 2.50 bits per heavy atom. The van der Waals surface area contributed by atoms with Crippen molar-refractivity contribution in [2.75, 3.05) is 0 Å². The van der Waals surface area contributed by atoms with E-state index in [0.717, 1.165) is 5.56 Å². The molecule has 0 amide bonds. The van der Waals surface area contributed by atoms with Crippen LogP contribution in [0.4, 0.5) is 4.39 Å². The van der Waals surface area contributed by atoms with Crippen LogP contribution in [0.1, 0.15) is 23.7 Å². The summed E-state index contributed by atoms with van der Waals surface area (Å²) in [6.07, 6.45) is -0.601. The molecule has 0 aliphatic heterocycles. The molecule has 0 spiro atoms. The van der Waals surface area contributed by atoms with Crippen molar-refractivity contribution in [1.29, 1.82) is 0 Å². The molecule has 1 rings (SSSR count). The number of aryl methyl sites for hydroxylation is 1. The molecular weight excluding hydrogens is 155 g/mol. The van der Waals surface area contributed by atoms with Crippen molar-refractivity contribution in [2.24, 2.45) is 0 Å². The summed E-state index contributed by atoms with van der Waals surface area (Å²) in [5.41, 5.74) is 1.67. The zero-order chi connectivity index (χ0) is 8.97. The number of benzene rings is 1. The molecular formula is C10H11FO. The van der Waals surface area contributed by atoms with E-state index in [1.54, 1.807) is 12.1 Å². The molecule has 1 aromatic carbocycles. The lowest BCUT2D eigenvalue weighted by Crippen LogP contribution is -1.91. The van der Waals surface area contributed by atoms with Crippen LogP contribution >= 0.6 is 0 Å². The molecule has 0 heterocycles. The van der Waals surface area contributed by atoms with Crippen molar-refractivity contribution < 1.29 is 9.18 Å². The van der Waals surface area contributed by atoms with E-state index in [2.05, 4.69) is 0 Å². The number of hydrogen-bond donors (Lipinski definition) is 0. The average molecular weight is 166 g/mol. The van der Waals surface area contributed by atoms with Crippen LogP contribution in [-0.2, 0) is 4.79 Å². The minimum atomic E-state index is -1.15. The highest BCUT2D eigenvalue weighted by Crippen LogP contribution is 2.19. The Labute approximate surface area is 71.2 Å².